The molecule has 0 saturated heterocycles. The molecule has 0 unspecified atom stereocenters. The fourth-order valence-corrected chi connectivity index (χ4v) is 5.96. The number of hydrogen-bond acceptors (Lipinski definition) is 5. The maximum Gasteiger partial charge on any atom is 0.240 e. The zero-order valence-electron chi connectivity index (χ0n) is 17.0. The van der Waals surface area contributed by atoms with Gasteiger partial charge in [0.25, 0.3) is 0 Å². The summed E-state index contributed by atoms with van der Waals surface area (Å²) >= 11 is 5.77. The fourth-order valence-electron chi connectivity index (χ4n) is 4.48. The highest BCUT2D eigenvalue weighted by atomic mass is 32.2. The third-order valence-electron chi connectivity index (χ3n) is 5.94. The number of nitriles is 1. The van der Waals surface area contributed by atoms with E-state index in [0.717, 1.165) is 36.2 Å². The smallest absolute Gasteiger partial charge is 0.240 e. The molecule has 6 nitrogen and oxygen atoms in total. The molecule has 158 valence electrons. The molecular weight excluding hydrogens is 416 g/mol. The van der Waals surface area contributed by atoms with Crippen LogP contribution in [0.25, 0.3) is 0 Å². The van der Waals surface area contributed by atoms with Gasteiger partial charge in [0.05, 0.1) is 21.5 Å². The molecule has 1 saturated carbocycles. The lowest BCUT2D eigenvalue weighted by molar-refractivity contribution is 0.239. The third-order valence-corrected chi connectivity index (χ3v) is 7.96. The Bertz CT molecular complexity index is 1030. The first kappa shape index (κ1) is 22.3. The van der Waals surface area contributed by atoms with Crippen molar-refractivity contribution in [2.24, 2.45) is 5.92 Å². The highest BCUT2D eigenvalue weighted by molar-refractivity contribution is 7.89. The van der Waals surface area contributed by atoms with Crippen molar-refractivity contribution < 1.29 is 8.42 Å². The molecule has 2 N–H and O–H groups in total. The SMILES string of the molecule is CNC(=S)[C@]1(c2cccnc2)CCCC[C@H]1CCNS(=O)(=O)c1cccc(C#N)c1. The number of benzene rings is 1. The third kappa shape index (κ3) is 4.53. The molecule has 1 aromatic carbocycles. The van der Waals surface area contributed by atoms with Gasteiger partial charge in [0.2, 0.25) is 10.0 Å². The van der Waals surface area contributed by atoms with Gasteiger partial charge in [-0.15, -0.1) is 0 Å². The maximum atomic E-state index is 12.7. The summed E-state index contributed by atoms with van der Waals surface area (Å²) in [5.74, 6) is 0.198. The molecule has 2 aromatic rings. The molecule has 1 aliphatic carbocycles. The first-order valence-corrected chi connectivity index (χ1v) is 12.0. The van der Waals surface area contributed by atoms with E-state index in [9.17, 15) is 8.42 Å². The van der Waals surface area contributed by atoms with Gasteiger partial charge in [0.1, 0.15) is 0 Å². The topological polar surface area (TPSA) is 94.9 Å². The number of pyridine rings is 1. The lowest BCUT2D eigenvalue weighted by Crippen LogP contribution is -2.50. The van der Waals surface area contributed by atoms with E-state index in [1.165, 1.54) is 12.1 Å². The average molecular weight is 443 g/mol. The van der Waals surface area contributed by atoms with Crippen LogP contribution < -0.4 is 10.0 Å². The predicted octanol–water partition coefficient (Wildman–Crippen LogP) is 3.30. The van der Waals surface area contributed by atoms with Crippen molar-refractivity contribution >= 4 is 27.2 Å². The summed E-state index contributed by atoms with van der Waals surface area (Å²) in [5.41, 5.74) is 1.06. The largest absolute Gasteiger partial charge is 0.382 e. The molecule has 0 aliphatic heterocycles. The molecule has 0 radical (unpaired) electrons. The van der Waals surface area contributed by atoms with E-state index in [2.05, 4.69) is 21.1 Å². The van der Waals surface area contributed by atoms with E-state index in [1.807, 2.05) is 25.4 Å². The van der Waals surface area contributed by atoms with Crippen LogP contribution >= 0.6 is 12.2 Å². The second-order valence-corrected chi connectivity index (χ2v) is 9.74. The molecule has 1 fully saturated rings. The average Bonchev–Trinajstić information content (AvgIpc) is 2.79. The number of sulfonamides is 1. The molecule has 0 bridgehead atoms. The fraction of sp³-hybridized carbons (Fsp3) is 0.409. The van der Waals surface area contributed by atoms with E-state index in [0.29, 0.717) is 18.5 Å². The van der Waals surface area contributed by atoms with Crippen molar-refractivity contribution in [3.05, 3.63) is 59.9 Å². The van der Waals surface area contributed by atoms with Gasteiger partial charge in [-0.3, -0.25) is 4.98 Å². The standard InChI is InChI=1S/C22H26N4O2S2/c1-24-21(29)22(19-8-5-12-25-16-19)11-3-2-7-18(22)10-13-26-30(27,28)20-9-4-6-17(14-20)15-23/h4-6,8-9,12,14,16,18,26H,2-3,7,10-11,13H2,1H3,(H,24,29)/t18-,22+/m0/s1. The number of rotatable bonds is 7. The Labute approximate surface area is 183 Å². The monoisotopic (exact) mass is 442 g/mol. The van der Waals surface area contributed by atoms with Gasteiger partial charge in [-0.2, -0.15) is 5.26 Å². The normalized spacial score (nSPS) is 21.5. The number of nitrogens with one attached hydrogen (secondary N) is 2. The highest BCUT2D eigenvalue weighted by Crippen LogP contribution is 2.46. The summed E-state index contributed by atoms with van der Waals surface area (Å²) in [6, 6.07) is 12.0. The number of thiocarbonyl (C=S) groups is 1. The van der Waals surface area contributed by atoms with Gasteiger partial charge in [0.15, 0.2) is 0 Å². The molecule has 3 rings (SSSR count). The molecule has 1 aromatic heterocycles. The van der Waals surface area contributed by atoms with Crippen LogP contribution in [0.3, 0.4) is 0 Å². The van der Waals surface area contributed by atoms with Crippen molar-refractivity contribution in [1.82, 2.24) is 15.0 Å². The lowest BCUT2D eigenvalue weighted by Gasteiger charge is -2.45. The number of aromatic nitrogens is 1. The minimum absolute atomic E-state index is 0.106. The van der Waals surface area contributed by atoms with Crippen molar-refractivity contribution in [3.8, 4) is 6.07 Å². The summed E-state index contributed by atoms with van der Waals surface area (Å²) in [5, 5.41) is 12.2. The highest BCUT2D eigenvalue weighted by Gasteiger charge is 2.45. The van der Waals surface area contributed by atoms with Gasteiger partial charge in [-0.1, -0.05) is 37.2 Å². The summed E-state index contributed by atoms with van der Waals surface area (Å²) in [6.07, 6.45) is 8.34. The Kier molecular flexibility index (Phi) is 7.19. The maximum absolute atomic E-state index is 12.7. The van der Waals surface area contributed by atoms with Crippen LogP contribution in [0.1, 0.15) is 43.2 Å². The van der Waals surface area contributed by atoms with Crippen LogP contribution in [-0.4, -0.2) is 32.0 Å². The molecule has 1 aliphatic rings. The summed E-state index contributed by atoms with van der Waals surface area (Å²) < 4.78 is 28.1. The van der Waals surface area contributed by atoms with Crippen molar-refractivity contribution in [1.29, 1.82) is 5.26 Å². The van der Waals surface area contributed by atoms with Gasteiger partial charge in [-0.05, 0) is 55.0 Å². The summed E-state index contributed by atoms with van der Waals surface area (Å²) in [6.45, 7) is 0.304. The number of nitrogens with zero attached hydrogens (tertiary/aromatic N) is 2. The zero-order valence-corrected chi connectivity index (χ0v) is 18.6. The summed E-state index contributed by atoms with van der Waals surface area (Å²) in [4.78, 5) is 5.19. The van der Waals surface area contributed by atoms with Crippen molar-refractivity contribution in [2.75, 3.05) is 13.6 Å². The lowest BCUT2D eigenvalue weighted by atomic mass is 9.61. The molecule has 30 heavy (non-hydrogen) atoms. The Balaban J connectivity index is 1.80. The number of hydrogen-bond donors (Lipinski definition) is 2. The molecule has 2 atom stereocenters. The molecule has 1 heterocycles. The molecule has 0 amide bonds. The van der Waals surface area contributed by atoms with E-state index < -0.39 is 10.0 Å². The second kappa shape index (κ2) is 9.65. The van der Waals surface area contributed by atoms with Gasteiger partial charge < -0.3 is 5.32 Å². The predicted molar refractivity (Wildman–Crippen MR) is 120 cm³/mol. The van der Waals surface area contributed by atoms with Crippen LogP contribution in [0.15, 0.2) is 53.7 Å². The molecule has 0 spiro atoms. The zero-order chi connectivity index (χ0) is 21.6. The van der Waals surface area contributed by atoms with Crippen LogP contribution in [0.2, 0.25) is 0 Å². The van der Waals surface area contributed by atoms with Crippen molar-refractivity contribution in [2.45, 2.75) is 42.4 Å². The Morgan fingerprint density at radius 2 is 2.17 bits per heavy atom. The van der Waals surface area contributed by atoms with Crippen LogP contribution in [0, 0.1) is 17.2 Å². The Morgan fingerprint density at radius 1 is 1.33 bits per heavy atom. The van der Waals surface area contributed by atoms with E-state index in [-0.39, 0.29) is 16.2 Å². The minimum Gasteiger partial charge on any atom is -0.382 e. The summed E-state index contributed by atoms with van der Waals surface area (Å²) in [7, 11) is -1.84. The molecular formula is C22H26N4O2S2. The van der Waals surface area contributed by atoms with Crippen LogP contribution in [0.4, 0.5) is 0 Å². The Hall–Kier alpha value is -2.34. The Morgan fingerprint density at radius 3 is 2.87 bits per heavy atom. The minimum atomic E-state index is -3.68. The molecule has 8 heteroatoms. The van der Waals surface area contributed by atoms with Gasteiger partial charge in [-0.25, -0.2) is 13.1 Å². The first-order valence-electron chi connectivity index (χ1n) is 10.1. The van der Waals surface area contributed by atoms with Gasteiger partial charge in [0, 0.05) is 31.4 Å². The first-order chi connectivity index (χ1) is 14.4. The number of likely N-dealkylation sites (N-methyl/N-ethyl adjacent to an activating group) is 1. The van der Waals surface area contributed by atoms with Crippen LogP contribution in [-0.2, 0) is 15.4 Å². The van der Waals surface area contributed by atoms with Crippen molar-refractivity contribution in [3.63, 3.8) is 0 Å². The van der Waals surface area contributed by atoms with E-state index >= 15 is 0 Å². The van der Waals surface area contributed by atoms with E-state index in [4.69, 9.17) is 17.5 Å². The van der Waals surface area contributed by atoms with E-state index in [1.54, 1.807) is 18.3 Å². The van der Waals surface area contributed by atoms with Crippen LogP contribution in [0.5, 0.6) is 0 Å². The second-order valence-electron chi connectivity index (χ2n) is 7.56. The quantitative estimate of drug-likeness (QED) is 0.639. The van der Waals surface area contributed by atoms with Gasteiger partial charge >= 0.3 is 0 Å².